The molecule has 2 aromatic carbocycles. The highest BCUT2D eigenvalue weighted by atomic mass is 32.2. The van der Waals surface area contributed by atoms with E-state index in [9.17, 15) is 4.79 Å². The van der Waals surface area contributed by atoms with Crippen LogP contribution in [0.1, 0.15) is 33.5 Å². The highest BCUT2D eigenvalue weighted by Crippen LogP contribution is 2.27. The molecule has 2 N–H and O–H groups in total. The van der Waals surface area contributed by atoms with Crippen LogP contribution in [0.4, 0.5) is 0 Å². The van der Waals surface area contributed by atoms with Crippen LogP contribution in [0.3, 0.4) is 0 Å². The van der Waals surface area contributed by atoms with Crippen molar-refractivity contribution in [2.75, 3.05) is 6.54 Å². The van der Waals surface area contributed by atoms with Crippen LogP contribution < -0.4 is 10.9 Å². The zero-order valence-corrected chi connectivity index (χ0v) is 16.2. The van der Waals surface area contributed by atoms with E-state index in [2.05, 4.69) is 52.2 Å². The molecule has 5 nitrogen and oxygen atoms in total. The highest BCUT2D eigenvalue weighted by Gasteiger charge is 2.32. The fourth-order valence-electron chi connectivity index (χ4n) is 3.17. The molecule has 2 aliphatic rings. The van der Waals surface area contributed by atoms with E-state index in [0.29, 0.717) is 17.8 Å². The number of aryl methyl sites for hydroxylation is 2. The van der Waals surface area contributed by atoms with Gasteiger partial charge in [0.25, 0.3) is 0 Å². The van der Waals surface area contributed by atoms with Gasteiger partial charge in [0.05, 0.1) is 22.9 Å². The number of carbonyl (C=O) groups is 1. The maximum Gasteiger partial charge on any atom is 0.210 e. The van der Waals surface area contributed by atoms with Crippen molar-refractivity contribution in [3.05, 3.63) is 70.8 Å². The van der Waals surface area contributed by atoms with Gasteiger partial charge in [0, 0.05) is 12.0 Å². The number of thioether (sulfide) groups is 1. The SMILES string of the molecule is Cc1ccc(C(=O)C2=NNC[C@H]2S[C@@H]2CC(c3ccc(C)cc3)=NN2)cc1. The van der Waals surface area contributed by atoms with Gasteiger partial charge in [-0.15, -0.1) is 11.8 Å². The lowest BCUT2D eigenvalue weighted by molar-refractivity contribution is 0.106. The predicted octanol–water partition coefficient (Wildman–Crippen LogP) is 3.27. The monoisotopic (exact) mass is 378 g/mol. The van der Waals surface area contributed by atoms with Gasteiger partial charge in [0.2, 0.25) is 5.78 Å². The van der Waals surface area contributed by atoms with Gasteiger partial charge in [0.1, 0.15) is 5.71 Å². The number of Topliss-reactive ketones (excluding diaryl/α,β-unsaturated/α-hetero) is 1. The van der Waals surface area contributed by atoms with Gasteiger partial charge in [-0.2, -0.15) is 10.2 Å². The first-order valence-electron chi connectivity index (χ1n) is 9.06. The zero-order valence-electron chi connectivity index (χ0n) is 15.4. The summed E-state index contributed by atoms with van der Waals surface area (Å²) in [6, 6.07) is 16.1. The third-order valence-electron chi connectivity index (χ3n) is 4.76. The van der Waals surface area contributed by atoms with Gasteiger partial charge in [-0.3, -0.25) is 10.2 Å². The lowest BCUT2D eigenvalue weighted by atomic mass is 10.0. The number of carbonyl (C=O) groups excluding carboxylic acids is 1. The Kier molecular flexibility index (Phi) is 4.99. The van der Waals surface area contributed by atoms with E-state index in [0.717, 1.165) is 23.3 Å². The van der Waals surface area contributed by atoms with E-state index in [4.69, 9.17) is 0 Å². The molecule has 0 fully saturated rings. The smallest absolute Gasteiger partial charge is 0.210 e. The molecule has 2 aliphatic heterocycles. The first kappa shape index (κ1) is 17.8. The molecule has 2 aromatic rings. The lowest BCUT2D eigenvalue weighted by Gasteiger charge is -2.16. The average molecular weight is 379 g/mol. The summed E-state index contributed by atoms with van der Waals surface area (Å²) in [6.45, 7) is 4.75. The summed E-state index contributed by atoms with van der Waals surface area (Å²) < 4.78 is 0. The molecule has 0 radical (unpaired) electrons. The molecule has 4 rings (SSSR count). The second-order valence-corrected chi connectivity index (χ2v) is 8.34. The Morgan fingerprint density at radius 3 is 2.37 bits per heavy atom. The molecule has 0 aliphatic carbocycles. The molecule has 2 atom stereocenters. The molecule has 0 unspecified atom stereocenters. The minimum Gasteiger partial charge on any atom is -0.308 e. The van der Waals surface area contributed by atoms with Crippen LogP contribution in [0.25, 0.3) is 0 Å². The van der Waals surface area contributed by atoms with Crippen LogP contribution in [0, 0.1) is 13.8 Å². The van der Waals surface area contributed by atoms with Crippen molar-refractivity contribution in [1.29, 1.82) is 0 Å². The van der Waals surface area contributed by atoms with E-state index < -0.39 is 0 Å². The van der Waals surface area contributed by atoms with Gasteiger partial charge in [-0.25, -0.2) is 0 Å². The van der Waals surface area contributed by atoms with Crippen molar-refractivity contribution >= 4 is 29.0 Å². The van der Waals surface area contributed by atoms with Crippen LogP contribution >= 0.6 is 11.8 Å². The van der Waals surface area contributed by atoms with Crippen molar-refractivity contribution < 1.29 is 4.79 Å². The van der Waals surface area contributed by atoms with E-state index in [1.165, 1.54) is 5.56 Å². The molecule has 2 heterocycles. The standard InChI is InChI=1S/C21H22N4OS/c1-13-3-7-15(8-4-13)17-11-19(24-23-17)27-18-12-22-25-20(18)21(26)16-9-5-14(2)6-10-16/h3-10,18-19,22,24H,11-12H2,1-2H3/t18-,19-/m1/s1. The number of hydrazone groups is 2. The molecule has 0 bridgehead atoms. The normalized spacial score (nSPS) is 21.3. The van der Waals surface area contributed by atoms with E-state index in [1.54, 1.807) is 11.8 Å². The number of benzene rings is 2. The minimum atomic E-state index is -0.00447. The predicted molar refractivity (Wildman–Crippen MR) is 112 cm³/mol. The van der Waals surface area contributed by atoms with Crippen LogP contribution in [0.5, 0.6) is 0 Å². The first-order valence-corrected chi connectivity index (χ1v) is 10.0. The Labute approximate surface area is 163 Å². The molecule has 0 amide bonds. The van der Waals surface area contributed by atoms with Gasteiger partial charge >= 0.3 is 0 Å². The minimum absolute atomic E-state index is 0.00447. The summed E-state index contributed by atoms with van der Waals surface area (Å²) in [5.74, 6) is -0.00447. The fourth-order valence-corrected chi connectivity index (χ4v) is 4.39. The molecule has 0 aromatic heterocycles. The summed E-state index contributed by atoms with van der Waals surface area (Å²) in [7, 11) is 0. The van der Waals surface area contributed by atoms with Crippen molar-refractivity contribution in [3.63, 3.8) is 0 Å². The summed E-state index contributed by atoms with van der Waals surface area (Å²) in [5, 5.41) is 8.93. The molecule has 0 saturated carbocycles. The van der Waals surface area contributed by atoms with Gasteiger partial charge < -0.3 is 5.43 Å². The third-order valence-corrected chi connectivity index (χ3v) is 6.08. The van der Waals surface area contributed by atoms with Gasteiger partial charge in [-0.1, -0.05) is 59.7 Å². The van der Waals surface area contributed by atoms with E-state index >= 15 is 0 Å². The van der Waals surface area contributed by atoms with Crippen LogP contribution in [-0.4, -0.2) is 34.4 Å². The molecule has 27 heavy (non-hydrogen) atoms. The Morgan fingerprint density at radius 2 is 1.67 bits per heavy atom. The Morgan fingerprint density at radius 1 is 1.00 bits per heavy atom. The molecule has 138 valence electrons. The van der Waals surface area contributed by atoms with Gasteiger partial charge in [0.15, 0.2) is 0 Å². The quantitative estimate of drug-likeness (QED) is 0.784. The van der Waals surface area contributed by atoms with Crippen molar-refractivity contribution in [2.24, 2.45) is 10.2 Å². The van der Waals surface area contributed by atoms with Crippen LogP contribution in [0.2, 0.25) is 0 Å². The lowest BCUT2D eigenvalue weighted by Crippen LogP contribution is -2.30. The maximum atomic E-state index is 12.8. The van der Waals surface area contributed by atoms with E-state index in [1.807, 2.05) is 31.2 Å². The van der Waals surface area contributed by atoms with Crippen LogP contribution in [-0.2, 0) is 0 Å². The largest absolute Gasteiger partial charge is 0.308 e. The molecule has 0 saturated heterocycles. The summed E-state index contributed by atoms with van der Waals surface area (Å²) in [4.78, 5) is 12.8. The van der Waals surface area contributed by atoms with Crippen molar-refractivity contribution in [1.82, 2.24) is 10.9 Å². The van der Waals surface area contributed by atoms with Crippen molar-refractivity contribution in [2.45, 2.75) is 30.9 Å². The average Bonchev–Trinajstić information content (AvgIpc) is 3.32. The number of rotatable bonds is 5. The van der Waals surface area contributed by atoms with Crippen LogP contribution in [0.15, 0.2) is 58.7 Å². The zero-order chi connectivity index (χ0) is 18.8. The Bertz CT molecular complexity index is 903. The number of nitrogens with zero attached hydrogens (tertiary/aromatic N) is 2. The molecule has 0 spiro atoms. The molecule has 6 heteroatoms. The molecular weight excluding hydrogens is 356 g/mol. The maximum absolute atomic E-state index is 12.8. The number of ketones is 1. The highest BCUT2D eigenvalue weighted by molar-refractivity contribution is 8.01. The number of hydrogen-bond donors (Lipinski definition) is 2. The molecular formula is C21H22N4OS. The van der Waals surface area contributed by atoms with E-state index in [-0.39, 0.29) is 16.4 Å². The summed E-state index contributed by atoms with van der Waals surface area (Å²) in [5.41, 5.74) is 12.1. The summed E-state index contributed by atoms with van der Waals surface area (Å²) in [6.07, 6.45) is 0.830. The number of hydrogen-bond acceptors (Lipinski definition) is 6. The third kappa shape index (κ3) is 3.90. The summed E-state index contributed by atoms with van der Waals surface area (Å²) >= 11 is 1.71. The topological polar surface area (TPSA) is 65.8 Å². The second kappa shape index (κ2) is 7.56. The second-order valence-electron chi connectivity index (χ2n) is 6.93. The first-order chi connectivity index (χ1) is 13.1. The Balaban J connectivity index is 1.40. The fraction of sp³-hybridized carbons (Fsp3) is 0.286. The van der Waals surface area contributed by atoms with Gasteiger partial charge in [-0.05, 0) is 19.4 Å². The Hall–Kier alpha value is -2.60. The number of nitrogens with one attached hydrogen (secondary N) is 2. The van der Waals surface area contributed by atoms with Crippen molar-refractivity contribution in [3.8, 4) is 0 Å².